The van der Waals surface area contributed by atoms with Crippen LogP contribution in [-0.4, -0.2) is 102 Å². The van der Waals surface area contributed by atoms with E-state index in [1.165, 1.54) is 0 Å². The fraction of sp³-hybridized carbons (Fsp3) is 0.333. The topological polar surface area (TPSA) is 120 Å². The van der Waals surface area contributed by atoms with Crippen LogP contribution in [0, 0.1) is 11.3 Å². The molecule has 0 aliphatic carbocycles. The maximum absolute atomic E-state index is 12.8. The summed E-state index contributed by atoms with van der Waals surface area (Å²) in [6.07, 6.45) is 3.77. The molecule has 15 heteroatoms. The van der Waals surface area contributed by atoms with E-state index < -0.39 is 5.91 Å². The van der Waals surface area contributed by atoms with Crippen LogP contribution in [0.1, 0.15) is 101 Å². The van der Waals surface area contributed by atoms with Crippen molar-refractivity contribution >= 4 is 86.9 Å². The summed E-state index contributed by atoms with van der Waals surface area (Å²) in [6, 6.07) is 44.9. The Balaban J connectivity index is 0.000000219. The monoisotopic (exact) mass is 1090 g/mol. The highest BCUT2D eigenvalue weighted by Gasteiger charge is 2.29. The average molecular weight is 1090 g/mol. The quantitative estimate of drug-likeness (QED) is 0.0959. The highest BCUT2D eigenvalue weighted by Crippen LogP contribution is 2.36. The molecule has 6 aromatic rings. The van der Waals surface area contributed by atoms with Crippen molar-refractivity contribution in [3.05, 3.63) is 187 Å². The van der Waals surface area contributed by atoms with Gasteiger partial charge in [-0.3, -0.25) is 24.2 Å². The minimum absolute atomic E-state index is 0.0259. The molecule has 75 heavy (non-hydrogen) atoms. The number of hydrogen-bond donors (Lipinski definition) is 1. The Morgan fingerprint density at radius 1 is 0.520 bits per heavy atom. The number of carbonyl (C=O) groups excluding carboxylic acids is 3. The molecular weight excluding hydrogens is 1020 g/mol. The van der Waals surface area contributed by atoms with Crippen molar-refractivity contribution in [2.75, 3.05) is 62.2 Å². The Labute approximate surface area is 462 Å². The summed E-state index contributed by atoms with van der Waals surface area (Å²) in [5, 5.41) is 12.2. The van der Waals surface area contributed by atoms with E-state index in [0.29, 0.717) is 68.5 Å². The molecule has 0 unspecified atom stereocenters. The molecule has 2 fully saturated rings. The van der Waals surface area contributed by atoms with Crippen LogP contribution in [0.3, 0.4) is 0 Å². The number of anilines is 4. The fourth-order valence-electron chi connectivity index (χ4n) is 10.0. The summed E-state index contributed by atoms with van der Waals surface area (Å²) in [4.78, 5) is 50.6. The molecule has 8 rings (SSSR count). The minimum atomic E-state index is -0.457. The second-order valence-electron chi connectivity index (χ2n) is 18.9. The van der Waals surface area contributed by atoms with E-state index in [1.807, 2.05) is 147 Å². The first kappa shape index (κ1) is 56.6. The molecule has 0 radical (unpaired) electrons. The molecule has 0 aromatic heterocycles. The number of likely N-dealkylation sites (tertiary alicyclic amines) is 2. The zero-order valence-electron chi connectivity index (χ0n) is 43.2. The van der Waals surface area contributed by atoms with Gasteiger partial charge in [-0.1, -0.05) is 70.7 Å². The molecular formula is C60H66Cl4N8O3. The normalized spacial score (nSPS) is 14.3. The Bertz CT molecular complexity index is 2930. The molecule has 11 nitrogen and oxygen atoms in total. The SMILES string of the molecule is CCN(CC)C(=O)c1ccc(N(c2cccc(C#N)c2)C2CCN(Cc3ccc(Cl)cc3Cl)CC2)cc1.CCN(CC)C(=O)c1ccc(N(c2cccc(C(N)=O)c2)C2CCN(Cc3ccc(Cl)cc3Cl)CC2)cc1. The van der Waals surface area contributed by atoms with Crippen molar-refractivity contribution < 1.29 is 14.4 Å². The van der Waals surface area contributed by atoms with Crippen LogP contribution < -0.4 is 15.5 Å². The van der Waals surface area contributed by atoms with E-state index in [4.69, 9.17) is 52.1 Å². The summed E-state index contributed by atoms with van der Waals surface area (Å²) in [5.74, 6) is -0.386. The number of carbonyl (C=O) groups is 3. The number of benzene rings is 6. The Morgan fingerprint density at radius 3 is 1.29 bits per heavy atom. The zero-order valence-corrected chi connectivity index (χ0v) is 46.2. The molecule has 6 aromatic carbocycles. The second-order valence-corrected chi connectivity index (χ2v) is 20.5. The predicted molar refractivity (Wildman–Crippen MR) is 307 cm³/mol. The van der Waals surface area contributed by atoms with Crippen molar-refractivity contribution in [2.24, 2.45) is 5.73 Å². The van der Waals surface area contributed by atoms with Gasteiger partial charge in [-0.15, -0.1) is 0 Å². The lowest BCUT2D eigenvalue weighted by Crippen LogP contribution is -2.43. The van der Waals surface area contributed by atoms with E-state index in [9.17, 15) is 19.6 Å². The fourth-order valence-corrected chi connectivity index (χ4v) is 11.0. The Kier molecular flexibility index (Phi) is 20.5. The van der Waals surface area contributed by atoms with Gasteiger partial charge < -0.3 is 25.3 Å². The summed E-state index contributed by atoms with van der Waals surface area (Å²) in [7, 11) is 0. The van der Waals surface area contributed by atoms with Crippen LogP contribution in [0.5, 0.6) is 0 Å². The highest BCUT2D eigenvalue weighted by molar-refractivity contribution is 6.35. The van der Waals surface area contributed by atoms with Gasteiger partial charge in [0.2, 0.25) is 5.91 Å². The van der Waals surface area contributed by atoms with Gasteiger partial charge in [-0.2, -0.15) is 5.26 Å². The molecule has 3 amide bonds. The highest BCUT2D eigenvalue weighted by atomic mass is 35.5. The number of amides is 3. The van der Waals surface area contributed by atoms with Gasteiger partial charge >= 0.3 is 0 Å². The maximum atomic E-state index is 12.8. The van der Waals surface area contributed by atoms with E-state index in [-0.39, 0.29) is 23.9 Å². The summed E-state index contributed by atoms with van der Waals surface area (Å²) in [6.45, 7) is 15.9. The van der Waals surface area contributed by atoms with Gasteiger partial charge in [-0.05, 0) is 174 Å². The van der Waals surface area contributed by atoms with Gasteiger partial charge in [0.1, 0.15) is 0 Å². The number of piperidine rings is 2. The molecule has 0 atom stereocenters. The Hall–Kier alpha value is -6.10. The van der Waals surface area contributed by atoms with Crippen LogP contribution in [0.15, 0.2) is 133 Å². The molecule has 2 aliphatic heterocycles. The number of hydrogen-bond acceptors (Lipinski definition) is 8. The second kappa shape index (κ2) is 27.1. The molecule has 0 spiro atoms. The lowest BCUT2D eigenvalue weighted by Gasteiger charge is -2.40. The largest absolute Gasteiger partial charge is 0.366 e. The van der Waals surface area contributed by atoms with Crippen LogP contribution in [0.4, 0.5) is 22.7 Å². The summed E-state index contributed by atoms with van der Waals surface area (Å²) < 4.78 is 0. The smallest absolute Gasteiger partial charge is 0.253 e. The van der Waals surface area contributed by atoms with Gasteiger partial charge in [-0.25, -0.2) is 0 Å². The summed E-state index contributed by atoms with van der Waals surface area (Å²) in [5.41, 5.74) is 14.1. The van der Waals surface area contributed by atoms with E-state index in [0.717, 1.165) is 98.8 Å². The molecule has 2 saturated heterocycles. The Morgan fingerprint density at radius 2 is 0.920 bits per heavy atom. The third kappa shape index (κ3) is 14.6. The van der Waals surface area contributed by atoms with Crippen LogP contribution >= 0.6 is 46.4 Å². The number of nitrogens with two attached hydrogens (primary N) is 1. The van der Waals surface area contributed by atoms with Gasteiger partial charge in [0.25, 0.3) is 11.8 Å². The van der Waals surface area contributed by atoms with E-state index >= 15 is 0 Å². The van der Waals surface area contributed by atoms with Crippen molar-refractivity contribution in [2.45, 2.75) is 78.6 Å². The lowest BCUT2D eigenvalue weighted by atomic mass is 9.99. The van der Waals surface area contributed by atoms with Crippen molar-refractivity contribution in [1.82, 2.24) is 19.6 Å². The third-order valence-electron chi connectivity index (χ3n) is 14.2. The first-order valence-corrected chi connectivity index (χ1v) is 27.3. The molecule has 0 bridgehead atoms. The lowest BCUT2D eigenvalue weighted by molar-refractivity contribution is 0.0765. The minimum Gasteiger partial charge on any atom is -0.366 e. The predicted octanol–water partition coefficient (Wildman–Crippen LogP) is 13.5. The standard InChI is InChI=1S/C30H34Cl2N4O2.C30H32Cl2N4O/c1-3-35(4-2)30(38)21-9-12-25(13-10-21)36(27-7-5-6-22(18-27)29(33)37)26-14-16-34(17-15-26)20-23-8-11-24(31)19-28(23)32;1-3-35(4-2)30(37)23-9-12-26(13-10-23)36(28-7-5-6-22(18-28)20-33)27-14-16-34(17-15-27)21-24-8-11-25(31)19-29(24)32/h5-13,18-19,26H,3-4,14-17,20H2,1-2H3,(H2,33,37);5-13,18-19,27H,3-4,14-17,21H2,1-2H3. The molecule has 2 heterocycles. The summed E-state index contributed by atoms with van der Waals surface area (Å²) >= 11 is 25.0. The number of nitriles is 1. The first-order valence-electron chi connectivity index (χ1n) is 25.8. The maximum Gasteiger partial charge on any atom is 0.253 e. The van der Waals surface area contributed by atoms with Crippen molar-refractivity contribution in [3.8, 4) is 6.07 Å². The number of primary amides is 1. The van der Waals surface area contributed by atoms with Crippen LogP contribution in [-0.2, 0) is 13.1 Å². The van der Waals surface area contributed by atoms with Gasteiger partial charge in [0, 0.05) is 137 Å². The zero-order chi connectivity index (χ0) is 53.6. The number of halogens is 4. The van der Waals surface area contributed by atoms with Crippen molar-refractivity contribution in [3.63, 3.8) is 0 Å². The third-order valence-corrected chi connectivity index (χ3v) is 15.4. The van der Waals surface area contributed by atoms with E-state index in [1.54, 1.807) is 18.2 Å². The average Bonchev–Trinajstić information content (AvgIpc) is 3.43. The molecule has 392 valence electrons. The molecule has 0 saturated carbocycles. The molecule has 2 aliphatic rings. The number of rotatable bonds is 17. The van der Waals surface area contributed by atoms with Gasteiger partial charge in [0.05, 0.1) is 11.6 Å². The van der Waals surface area contributed by atoms with Crippen LogP contribution in [0.25, 0.3) is 0 Å². The van der Waals surface area contributed by atoms with E-state index in [2.05, 4.69) is 31.7 Å². The first-order chi connectivity index (χ1) is 36.2. The van der Waals surface area contributed by atoms with Crippen LogP contribution in [0.2, 0.25) is 20.1 Å². The number of nitrogens with zero attached hydrogens (tertiary/aromatic N) is 7. The van der Waals surface area contributed by atoms with Gasteiger partial charge in [0.15, 0.2) is 0 Å². The molecule has 2 N–H and O–H groups in total. The van der Waals surface area contributed by atoms with Crippen molar-refractivity contribution in [1.29, 1.82) is 5.26 Å².